The van der Waals surface area contributed by atoms with Crippen molar-refractivity contribution in [3.8, 4) is 5.75 Å². The average molecular weight is 460 g/mol. The van der Waals surface area contributed by atoms with Crippen molar-refractivity contribution < 1.29 is 14.5 Å². The van der Waals surface area contributed by atoms with Gasteiger partial charge in [0.05, 0.1) is 15.7 Å². The number of hydrogen-bond donors (Lipinski definition) is 1. The normalized spacial score (nSPS) is 10.5. The first-order valence-corrected chi connectivity index (χ1v) is 10.4. The number of amides is 1. The van der Waals surface area contributed by atoms with E-state index in [-0.39, 0.29) is 24.0 Å². The molecule has 0 saturated carbocycles. The molecule has 1 N–H and O–H groups in total. The third kappa shape index (κ3) is 6.06. The number of ether oxygens (including phenoxy) is 1. The van der Waals surface area contributed by atoms with Crippen LogP contribution < -0.4 is 10.1 Å². The second kappa shape index (κ2) is 10.6. The van der Waals surface area contributed by atoms with Gasteiger partial charge in [0.15, 0.2) is 11.0 Å². The number of nitro groups is 1. The highest BCUT2D eigenvalue weighted by molar-refractivity contribution is 7.99. The molecular weight excluding hydrogens is 442 g/mol. The van der Waals surface area contributed by atoms with Gasteiger partial charge in [-0.1, -0.05) is 47.6 Å². The lowest BCUT2D eigenvalue weighted by Gasteiger charge is -2.10. The van der Waals surface area contributed by atoms with Crippen molar-refractivity contribution in [3.05, 3.63) is 82.1 Å². The zero-order valence-electron chi connectivity index (χ0n) is 16.2. The minimum atomic E-state index is -0.519. The molecule has 0 aliphatic heterocycles. The van der Waals surface area contributed by atoms with Crippen LogP contribution in [0.15, 0.2) is 66.3 Å². The molecule has 0 aliphatic rings. The van der Waals surface area contributed by atoms with E-state index in [2.05, 4.69) is 22.1 Å². The molecule has 0 aliphatic carbocycles. The van der Waals surface area contributed by atoms with Gasteiger partial charge in [-0.3, -0.25) is 19.5 Å². The lowest BCUT2D eigenvalue weighted by Crippen LogP contribution is -2.15. The van der Waals surface area contributed by atoms with Crippen LogP contribution in [-0.4, -0.2) is 31.3 Å². The summed E-state index contributed by atoms with van der Waals surface area (Å²) in [6.45, 7) is 4.32. The summed E-state index contributed by atoms with van der Waals surface area (Å²) >= 11 is 7.29. The number of anilines is 1. The van der Waals surface area contributed by atoms with Gasteiger partial charge in [0, 0.05) is 24.4 Å². The lowest BCUT2D eigenvalue weighted by atomic mass is 10.3. The van der Waals surface area contributed by atoms with Crippen LogP contribution in [-0.2, 0) is 17.9 Å². The lowest BCUT2D eigenvalue weighted by molar-refractivity contribution is -0.384. The van der Waals surface area contributed by atoms with E-state index in [1.807, 2.05) is 12.1 Å². The van der Waals surface area contributed by atoms with Gasteiger partial charge in [0.25, 0.3) is 5.69 Å². The molecule has 0 atom stereocenters. The number of rotatable bonds is 10. The van der Waals surface area contributed by atoms with Gasteiger partial charge in [-0.2, -0.15) is 0 Å². The van der Waals surface area contributed by atoms with Gasteiger partial charge < -0.3 is 10.1 Å². The number of nitrogens with zero attached hydrogens (tertiary/aromatic N) is 4. The fourth-order valence-corrected chi connectivity index (χ4v) is 3.53. The molecule has 3 aromatic rings. The number of para-hydroxylation sites is 1. The number of thioether (sulfide) groups is 1. The second-order valence-electron chi connectivity index (χ2n) is 6.16. The Morgan fingerprint density at radius 2 is 2.10 bits per heavy atom. The van der Waals surface area contributed by atoms with Crippen LogP contribution in [0.1, 0.15) is 5.82 Å². The topological polar surface area (TPSA) is 112 Å². The number of carbonyl (C=O) groups excluding carboxylic acids is 1. The van der Waals surface area contributed by atoms with E-state index in [0.29, 0.717) is 34.0 Å². The minimum absolute atomic E-state index is 0.0450. The fourth-order valence-electron chi connectivity index (χ4n) is 2.57. The summed E-state index contributed by atoms with van der Waals surface area (Å²) < 4.78 is 7.51. The summed E-state index contributed by atoms with van der Waals surface area (Å²) in [5.41, 5.74) is 0.250. The Hall–Kier alpha value is -3.37. The highest BCUT2D eigenvalue weighted by Crippen LogP contribution is 2.25. The minimum Gasteiger partial charge on any atom is -0.484 e. The molecule has 0 fully saturated rings. The average Bonchev–Trinajstić information content (AvgIpc) is 3.14. The molecule has 160 valence electrons. The first-order valence-electron chi connectivity index (χ1n) is 9.05. The summed E-state index contributed by atoms with van der Waals surface area (Å²) in [4.78, 5) is 22.6. The molecule has 0 bridgehead atoms. The fraction of sp³-hybridized carbons (Fsp3) is 0.150. The van der Waals surface area contributed by atoms with E-state index in [1.165, 1.54) is 30.0 Å². The molecular formula is C20H18ClN5O4S. The SMILES string of the molecule is C=CCn1c(COc2ccccc2Cl)nnc1SCC(=O)Nc1cccc([N+](=O)[O-])c1. The zero-order chi connectivity index (χ0) is 22.2. The van der Waals surface area contributed by atoms with Crippen molar-refractivity contribution in [2.24, 2.45) is 0 Å². The molecule has 1 heterocycles. The molecule has 0 saturated heterocycles. The first-order chi connectivity index (χ1) is 15.0. The number of halogens is 1. The van der Waals surface area contributed by atoms with Crippen molar-refractivity contribution in [1.29, 1.82) is 0 Å². The highest BCUT2D eigenvalue weighted by Gasteiger charge is 2.15. The van der Waals surface area contributed by atoms with E-state index in [1.54, 1.807) is 28.8 Å². The molecule has 2 aromatic carbocycles. The first kappa shape index (κ1) is 22.3. The zero-order valence-corrected chi connectivity index (χ0v) is 17.8. The van der Waals surface area contributed by atoms with Gasteiger partial charge in [-0.15, -0.1) is 16.8 Å². The van der Waals surface area contributed by atoms with Gasteiger partial charge in [0.2, 0.25) is 5.91 Å². The van der Waals surface area contributed by atoms with Crippen LogP contribution in [0.3, 0.4) is 0 Å². The molecule has 1 amide bonds. The number of benzene rings is 2. The van der Waals surface area contributed by atoms with Crippen LogP contribution in [0.2, 0.25) is 5.02 Å². The highest BCUT2D eigenvalue weighted by atomic mass is 35.5. The number of nitrogens with one attached hydrogen (secondary N) is 1. The predicted molar refractivity (Wildman–Crippen MR) is 118 cm³/mol. The number of allylic oxidation sites excluding steroid dienone is 1. The van der Waals surface area contributed by atoms with E-state index in [4.69, 9.17) is 16.3 Å². The predicted octanol–water partition coefficient (Wildman–Crippen LogP) is 4.34. The Balaban J connectivity index is 1.62. The van der Waals surface area contributed by atoms with E-state index >= 15 is 0 Å². The summed E-state index contributed by atoms with van der Waals surface area (Å²) in [5, 5.41) is 22.8. The number of aromatic nitrogens is 3. The van der Waals surface area contributed by atoms with Crippen LogP contribution in [0.25, 0.3) is 0 Å². The number of carbonyl (C=O) groups is 1. The van der Waals surface area contributed by atoms with Gasteiger partial charge in [0.1, 0.15) is 12.4 Å². The number of non-ortho nitro benzene ring substituents is 1. The maximum atomic E-state index is 12.3. The molecule has 0 spiro atoms. The Labute approximate surface area is 187 Å². The summed E-state index contributed by atoms with van der Waals surface area (Å²) in [5.74, 6) is 0.806. The monoisotopic (exact) mass is 459 g/mol. The summed E-state index contributed by atoms with van der Waals surface area (Å²) in [6.07, 6.45) is 1.69. The Morgan fingerprint density at radius 1 is 1.29 bits per heavy atom. The smallest absolute Gasteiger partial charge is 0.271 e. The van der Waals surface area contributed by atoms with Crippen molar-refractivity contribution in [2.45, 2.75) is 18.3 Å². The maximum Gasteiger partial charge on any atom is 0.271 e. The molecule has 9 nitrogen and oxygen atoms in total. The third-order valence-corrected chi connectivity index (χ3v) is 5.25. The maximum absolute atomic E-state index is 12.3. The van der Waals surface area contributed by atoms with Crippen LogP contribution in [0.5, 0.6) is 5.75 Å². The summed E-state index contributed by atoms with van der Waals surface area (Å²) in [7, 11) is 0. The Morgan fingerprint density at radius 3 is 2.84 bits per heavy atom. The quantitative estimate of drug-likeness (QED) is 0.208. The van der Waals surface area contributed by atoms with Crippen molar-refractivity contribution in [2.75, 3.05) is 11.1 Å². The second-order valence-corrected chi connectivity index (χ2v) is 7.51. The third-order valence-electron chi connectivity index (χ3n) is 3.97. The van der Waals surface area contributed by atoms with Crippen molar-refractivity contribution >= 4 is 40.6 Å². The molecule has 1 aromatic heterocycles. The summed E-state index contributed by atoms with van der Waals surface area (Å²) in [6, 6.07) is 12.9. The Bertz CT molecular complexity index is 1100. The molecule has 31 heavy (non-hydrogen) atoms. The van der Waals surface area contributed by atoms with Crippen LogP contribution in [0, 0.1) is 10.1 Å². The van der Waals surface area contributed by atoms with Crippen molar-refractivity contribution in [3.63, 3.8) is 0 Å². The molecule has 3 rings (SSSR count). The Kier molecular flexibility index (Phi) is 7.63. The van der Waals surface area contributed by atoms with Gasteiger partial charge >= 0.3 is 0 Å². The van der Waals surface area contributed by atoms with E-state index in [9.17, 15) is 14.9 Å². The van der Waals surface area contributed by atoms with E-state index < -0.39 is 4.92 Å². The number of nitro benzene ring substituents is 1. The van der Waals surface area contributed by atoms with E-state index in [0.717, 1.165) is 0 Å². The molecule has 0 radical (unpaired) electrons. The van der Waals surface area contributed by atoms with Gasteiger partial charge in [-0.25, -0.2) is 0 Å². The molecule has 11 heteroatoms. The largest absolute Gasteiger partial charge is 0.484 e. The number of hydrogen-bond acceptors (Lipinski definition) is 7. The van der Waals surface area contributed by atoms with Crippen molar-refractivity contribution in [1.82, 2.24) is 14.8 Å². The van der Waals surface area contributed by atoms with Crippen LogP contribution in [0.4, 0.5) is 11.4 Å². The van der Waals surface area contributed by atoms with Gasteiger partial charge in [-0.05, 0) is 18.2 Å². The van der Waals surface area contributed by atoms with Crippen LogP contribution >= 0.6 is 23.4 Å². The standard InChI is InChI=1S/C20H18ClN5O4S/c1-2-10-25-18(12-30-17-9-4-3-8-16(17)21)23-24-20(25)31-13-19(27)22-14-6-5-7-15(11-14)26(28)29/h2-9,11H,1,10,12-13H2,(H,22,27). The molecule has 0 unspecified atom stereocenters.